The Morgan fingerprint density at radius 2 is 1.50 bits per heavy atom. The number of morpholine rings is 1. The quantitative estimate of drug-likeness (QED) is 0.741. The second kappa shape index (κ2) is 8.80. The summed E-state index contributed by atoms with van der Waals surface area (Å²) >= 11 is 5.82. The highest BCUT2D eigenvalue weighted by atomic mass is 35.5. The third kappa shape index (κ3) is 5.29. The summed E-state index contributed by atoms with van der Waals surface area (Å²) in [5.41, 5.74) is 1.88. The SMILES string of the molecule is O=C(C[NH+]1CCOCC1)Nc1ccc(NC(=O)c2ccc(Cl)cc2)cc1. The molecule has 0 atom stereocenters. The molecule has 2 aromatic carbocycles. The molecule has 0 radical (unpaired) electrons. The van der Waals surface area contributed by atoms with Crippen molar-refractivity contribution in [2.45, 2.75) is 0 Å². The van der Waals surface area contributed by atoms with E-state index < -0.39 is 0 Å². The van der Waals surface area contributed by atoms with Gasteiger partial charge in [-0.25, -0.2) is 0 Å². The largest absolute Gasteiger partial charge is 0.370 e. The number of carbonyl (C=O) groups is 2. The fraction of sp³-hybridized carbons (Fsp3) is 0.263. The standard InChI is InChI=1S/C19H20ClN3O3/c20-15-3-1-14(2-4-15)19(25)22-17-7-5-16(6-8-17)21-18(24)13-23-9-11-26-12-10-23/h1-8H,9-13H2,(H,21,24)(H,22,25)/p+1. The molecular weight excluding hydrogens is 354 g/mol. The molecule has 2 amide bonds. The van der Waals surface area contributed by atoms with Crippen molar-refractivity contribution in [3.63, 3.8) is 0 Å². The molecule has 2 aromatic rings. The van der Waals surface area contributed by atoms with E-state index in [0.717, 1.165) is 13.1 Å². The van der Waals surface area contributed by atoms with Gasteiger partial charge >= 0.3 is 0 Å². The number of rotatable bonds is 5. The van der Waals surface area contributed by atoms with Crippen LogP contribution in [0.1, 0.15) is 10.4 Å². The van der Waals surface area contributed by atoms with Crippen molar-refractivity contribution in [2.24, 2.45) is 0 Å². The number of benzene rings is 2. The van der Waals surface area contributed by atoms with E-state index >= 15 is 0 Å². The molecule has 136 valence electrons. The van der Waals surface area contributed by atoms with E-state index in [9.17, 15) is 9.59 Å². The smallest absolute Gasteiger partial charge is 0.279 e. The van der Waals surface area contributed by atoms with Gasteiger partial charge in [0, 0.05) is 22.0 Å². The predicted octanol–water partition coefficient (Wildman–Crippen LogP) is 1.45. The Labute approximate surface area is 157 Å². The van der Waals surface area contributed by atoms with Gasteiger partial charge in [0.05, 0.1) is 13.2 Å². The Balaban J connectivity index is 1.52. The Morgan fingerprint density at radius 1 is 0.923 bits per heavy atom. The van der Waals surface area contributed by atoms with E-state index in [4.69, 9.17) is 16.3 Å². The van der Waals surface area contributed by atoms with Gasteiger partial charge in [0.2, 0.25) is 0 Å². The van der Waals surface area contributed by atoms with E-state index in [-0.39, 0.29) is 11.8 Å². The van der Waals surface area contributed by atoms with E-state index in [2.05, 4.69) is 10.6 Å². The van der Waals surface area contributed by atoms with Gasteiger partial charge in [-0.15, -0.1) is 0 Å². The van der Waals surface area contributed by atoms with Crippen LogP contribution in [0.15, 0.2) is 48.5 Å². The first-order valence-electron chi connectivity index (χ1n) is 8.48. The van der Waals surface area contributed by atoms with Crippen LogP contribution in [0.2, 0.25) is 5.02 Å². The highest BCUT2D eigenvalue weighted by molar-refractivity contribution is 6.30. The number of ether oxygens (including phenoxy) is 1. The van der Waals surface area contributed by atoms with E-state index in [1.807, 2.05) is 0 Å². The Hall–Kier alpha value is -2.41. The average Bonchev–Trinajstić information content (AvgIpc) is 2.64. The minimum atomic E-state index is -0.214. The molecule has 0 saturated carbocycles. The Bertz CT molecular complexity index is 757. The minimum Gasteiger partial charge on any atom is -0.370 e. The fourth-order valence-corrected chi connectivity index (χ4v) is 2.84. The zero-order valence-corrected chi connectivity index (χ0v) is 15.0. The molecule has 0 spiro atoms. The highest BCUT2D eigenvalue weighted by Crippen LogP contribution is 2.15. The summed E-state index contributed by atoms with van der Waals surface area (Å²) in [6, 6.07) is 13.7. The fourth-order valence-electron chi connectivity index (χ4n) is 2.71. The van der Waals surface area contributed by atoms with Crippen LogP contribution in [0, 0.1) is 0 Å². The van der Waals surface area contributed by atoms with Crippen LogP contribution in [0.3, 0.4) is 0 Å². The monoisotopic (exact) mass is 374 g/mol. The predicted molar refractivity (Wildman–Crippen MR) is 101 cm³/mol. The molecule has 1 heterocycles. The van der Waals surface area contributed by atoms with Gasteiger partial charge < -0.3 is 20.3 Å². The molecule has 0 unspecified atom stereocenters. The molecule has 0 aromatic heterocycles. The van der Waals surface area contributed by atoms with Gasteiger partial charge in [-0.1, -0.05) is 11.6 Å². The van der Waals surface area contributed by atoms with Crippen molar-refractivity contribution in [1.82, 2.24) is 0 Å². The van der Waals surface area contributed by atoms with Gasteiger partial charge in [0.15, 0.2) is 6.54 Å². The van der Waals surface area contributed by atoms with Gasteiger partial charge in [-0.3, -0.25) is 9.59 Å². The van der Waals surface area contributed by atoms with Crippen molar-refractivity contribution >= 4 is 34.8 Å². The first-order valence-corrected chi connectivity index (χ1v) is 8.86. The lowest BCUT2D eigenvalue weighted by atomic mass is 10.2. The summed E-state index contributed by atoms with van der Waals surface area (Å²) in [6.07, 6.45) is 0. The van der Waals surface area contributed by atoms with Crippen molar-refractivity contribution in [2.75, 3.05) is 43.5 Å². The maximum absolute atomic E-state index is 12.2. The van der Waals surface area contributed by atoms with Crippen LogP contribution in [0.25, 0.3) is 0 Å². The number of nitrogens with one attached hydrogen (secondary N) is 3. The van der Waals surface area contributed by atoms with E-state index in [1.165, 1.54) is 4.90 Å². The highest BCUT2D eigenvalue weighted by Gasteiger charge is 2.17. The third-order valence-corrected chi connectivity index (χ3v) is 4.40. The normalized spacial score (nSPS) is 14.7. The first kappa shape index (κ1) is 18.4. The van der Waals surface area contributed by atoms with Crippen molar-refractivity contribution < 1.29 is 19.2 Å². The lowest BCUT2D eigenvalue weighted by molar-refractivity contribution is -0.899. The molecule has 1 saturated heterocycles. The molecule has 1 fully saturated rings. The third-order valence-electron chi connectivity index (χ3n) is 4.14. The molecule has 7 heteroatoms. The van der Waals surface area contributed by atoms with Crippen LogP contribution in [-0.4, -0.2) is 44.7 Å². The van der Waals surface area contributed by atoms with E-state index in [0.29, 0.717) is 41.7 Å². The van der Waals surface area contributed by atoms with Crippen LogP contribution < -0.4 is 15.5 Å². The zero-order valence-electron chi connectivity index (χ0n) is 14.3. The second-order valence-electron chi connectivity index (χ2n) is 6.13. The number of carbonyl (C=O) groups excluding carboxylic acids is 2. The minimum absolute atomic E-state index is 0.0279. The molecular formula is C19H21ClN3O3+. The van der Waals surface area contributed by atoms with Crippen molar-refractivity contribution in [3.8, 4) is 0 Å². The Kier molecular flexibility index (Phi) is 6.22. The average molecular weight is 375 g/mol. The van der Waals surface area contributed by atoms with Crippen LogP contribution in [-0.2, 0) is 9.53 Å². The number of hydrogen-bond acceptors (Lipinski definition) is 3. The van der Waals surface area contributed by atoms with Crippen molar-refractivity contribution in [1.29, 1.82) is 0 Å². The summed E-state index contributed by atoms with van der Waals surface area (Å²) in [5, 5.41) is 6.27. The summed E-state index contributed by atoms with van der Waals surface area (Å²) in [5.74, 6) is -0.241. The first-order chi connectivity index (χ1) is 12.6. The zero-order chi connectivity index (χ0) is 18.4. The summed E-state index contributed by atoms with van der Waals surface area (Å²) < 4.78 is 5.29. The Morgan fingerprint density at radius 3 is 2.12 bits per heavy atom. The van der Waals surface area contributed by atoms with E-state index in [1.54, 1.807) is 48.5 Å². The van der Waals surface area contributed by atoms with Crippen LogP contribution in [0.5, 0.6) is 0 Å². The van der Waals surface area contributed by atoms with Gasteiger partial charge in [0.1, 0.15) is 13.1 Å². The van der Waals surface area contributed by atoms with Gasteiger partial charge in [0.25, 0.3) is 11.8 Å². The number of halogens is 1. The van der Waals surface area contributed by atoms with Crippen molar-refractivity contribution in [3.05, 3.63) is 59.1 Å². The second-order valence-corrected chi connectivity index (χ2v) is 6.56. The molecule has 3 rings (SSSR count). The lowest BCUT2D eigenvalue weighted by Gasteiger charge is -2.23. The van der Waals surface area contributed by atoms with Gasteiger partial charge in [-0.2, -0.15) is 0 Å². The number of quaternary nitrogens is 1. The van der Waals surface area contributed by atoms with Crippen LogP contribution in [0.4, 0.5) is 11.4 Å². The number of hydrogen-bond donors (Lipinski definition) is 3. The number of anilines is 2. The molecule has 1 aliphatic rings. The topological polar surface area (TPSA) is 71.9 Å². The number of amides is 2. The molecule has 0 aliphatic carbocycles. The molecule has 6 nitrogen and oxygen atoms in total. The molecule has 1 aliphatic heterocycles. The maximum atomic E-state index is 12.2. The molecule has 26 heavy (non-hydrogen) atoms. The summed E-state index contributed by atoms with van der Waals surface area (Å²) in [4.78, 5) is 25.5. The summed E-state index contributed by atoms with van der Waals surface area (Å²) in [6.45, 7) is 3.53. The van der Waals surface area contributed by atoms with Crippen LogP contribution >= 0.6 is 11.6 Å². The van der Waals surface area contributed by atoms with Gasteiger partial charge in [-0.05, 0) is 48.5 Å². The molecule has 3 N–H and O–H groups in total. The summed E-state index contributed by atoms with van der Waals surface area (Å²) in [7, 11) is 0. The lowest BCUT2D eigenvalue weighted by Crippen LogP contribution is -3.15. The maximum Gasteiger partial charge on any atom is 0.279 e. The molecule has 0 bridgehead atoms.